The van der Waals surface area contributed by atoms with Crippen molar-refractivity contribution in [1.29, 1.82) is 0 Å². The van der Waals surface area contributed by atoms with Crippen LogP contribution in [0.25, 0.3) is 0 Å². The largest absolute Gasteiger partial charge is 0.461 e. The van der Waals surface area contributed by atoms with Crippen LogP contribution >= 0.6 is 0 Å². The van der Waals surface area contributed by atoms with E-state index in [2.05, 4.69) is 16.9 Å². The predicted molar refractivity (Wildman–Crippen MR) is 67.8 cm³/mol. The lowest BCUT2D eigenvalue weighted by Gasteiger charge is -2.29. The first kappa shape index (κ1) is 13.1. The predicted octanol–water partition coefficient (Wildman–Crippen LogP) is 1.40. The first-order valence-electron chi connectivity index (χ1n) is 6.60. The number of aromatic amines is 1. The van der Waals surface area contributed by atoms with Crippen LogP contribution in [-0.2, 0) is 16.0 Å². The van der Waals surface area contributed by atoms with Crippen LogP contribution in [0.1, 0.15) is 38.3 Å². The van der Waals surface area contributed by atoms with Crippen molar-refractivity contribution in [2.45, 2.75) is 51.2 Å². The van der Waals surface area contributed by atoms with Crippen LogP contribution in [0.3, 0.4) is 0 Å². The summed E-state index contributed by atoms with van der Waals surface area (Å²) in [5, 5.41) is 0. The maximum Gasteiger partial charge on any atom is 0.323 e. The van der Waals surface area contributed by atoms with Crippen molar-refractivity contribution in [2.75, 3.05) is 0 Å². The van der Waals surface area contributed by atoms with Crippen molar-refractivity contribution in [2.24, 2.45) is 11.7 Å². The molecule has 1 aliphatic rings. The van der Waals surface area contributed by atoms with Gasteiger partial charge in [-0.2, -0.15) is 0 Å². The van der Waals surface area contributed by atoms with Crippen LogP contribution in [0.5, 0.6) is 0 Å². The molecular formula is C13H21N3O2. The van der Waals surface area contributed by atoms with Gasteiger partial charge in [0.1, 0.15) is 12.1 Å². The molecule has 0 amide bonds. The van der Waals surface area contributed by atoms with Crippen LogP contribution in [0.4, 0.5) is 0 Å². The molecule has 3 unspecified atom stereocenters. The van der Waals surface area contributed by atoms with E-state index in [1.807, 2.05) is 0 Å². The molecule has 5 heteroatoms. The summed E-state index contributed by atoms with van der Waals surface area (Å²) in [5.74, 6) is 0.144. The summed E-state index contributed by atoms with van der Waals surface area (Å²) in [6.07, 6.45) is 8.21. The Kier molecular flexibility index (Phi) is 4.36. The van der Waals surface area contributed by atoms with Crippen molar-refractivity contribution >= 4 is 5.97 Å². The number of nitrogens with one attached hydrogen (secondary N) is 1. The zero-order chi connectivity index (χ0) is 13.0. The van der Waals surface area contributed by atoms with E-state index >= 15 is 0 Å². The lowest BCUT2D eigenvalue weighted by Crippen LogP contribution is -2.39. The highest BCUT2D eigenvalue weighted by Crippen LogP contribution is 2.26. The molecule has 1 fully saturated rings. The average molecular weight is 251 g/mol. The standard InChI is InChI=1S/C13H21N3O2/c1-9-4-2-3-5-12(9)18-13(17)11(14)6-10-7-15-8-16-10/h7-9,11-12H,2-6,14H2,1H3,(H,15,16). The van der Waals surface area contributed by atoms with Crippen molar-refractivity contribution < 1.29 is 9.53 Å². The van der Waals surface area contributed by atoms with Gasteiger partial charge in [0, 0.05) is 18.3 Å². The zero-order valence-electron chi connectivity index (χ0n) is 10.8. The van der Waals surface area contributed by atoms with Crippen LogP contribution in [0, 0.1) is 5.92 Å². The number of carbonyl (C=O) groups is 1. The molecule has 5 nitrogen and oxygen atoms in total. The van der Waals surface area contributed by atoms with Crippen molar-refractivity contribution in [3.63, 3.8) is 0 Å². The number of imidazole rings is 1. The number of hydrogen-bond acceptors (Lipinski definition) is 4. The number of hydrogen-bond donors (Lipinski definition) is 2. The highest BCUT2D eigenvalue weighted by atomic mass is 16.5. The van der Waals surface area contributed by atoms with Gasteiger partial charge in [-0.15, -0.1) is 0 Å². The SMILES string of the molecule is CC1CCCCC1OC(=O)C(N)Cc1cnc[nH]1. The summed E-state index contributed by atoms with van der Waals surface area (Å²) in [5.41, 5.74) is 6.71. The number of esters is 1. The molecule has 1 aromatic rings. The van der Waals surface area contributed by atoms with Gasteiger partial charge in [0.25, 0.3) is 0 Å². The monoisotopic (exact) mass is 251 g/mol. The van der Waals surface area contributed by atoms with Gasteiger partial charge < -0.3 is 15.5 Å². The second-order valence-corrected chi connectivity index (χ2v) is 5.12. The van der Waals surface area contributed by atoms with E-state index < -0.39 is 6.04 Å². The molecule has 0 saturated heterocycles. The van der Waals surface area contributed by atoms with Crippen LogP contribution in [0.15, 0.2) is 12.5 Å². The number of ether oxygens (including phenoxy) is 1. The molecule has 3 N–H and O–H groups in total. The lowest BCUT2D eigenvalue weighted by molar-refractivity contribution is -0.154. The molecule has 1 aliphatic carbocycles. The fraction of sp³-hybridized carbons (Fsp3) is 0.692. The molecule has 1 saturated carbocycles. The smallest absolute Gasteiger partial charge is 0.323 e. The van der Waals surface area contributed by atoms with E-state index in [-0.39, 0.29) is 12.1 Å². The molecule has 0 spiro atoms. The van der Waals surface area contributed by atoms with E-state index in [0.717, 1.165) is 25.0 Å². The van der Waals surface area contributed by atoms with Crippen LogP contribution in [0.2, 0.25) is 0 Å². The van der Waals surface area contributed by atoms with Gasteiger partial charge in [-0.05, 0) is 25.2 Å². The molecule has 0 radical (unpaired) electrons. The Morgan fingerprint density at radius 1 is 1.61 bits per heavy atom. The molecule has 3 atom stereocenters. The molecule has 0 aromatic carbocycles. The average Bonchev–Trinajstić information content (AvgIpc) is 2.84. The lowest BCUT2D eigenvalue weighted by atomic mass is 9.88. The van der Waals surface area contributed by atoms with E-state index in [9.17, 15) is 4.79 Å². The minimum Gasteiger partial charge on any atom is -0.461 e. The Labute approximate surface area is 107 Å². The molecule has 0 bridgehead atoms. The summed E-state index contributed by atoms with van der Waals surface area (Å²) in [6.45, 7) is 2.14. The summed E-state index contributed by atoms with van der Waals surface area (Å²) in [4.78, 5) is 18.7. The summed E-state index contributed by atoms with van der Waals surface area (Å²) < 4.78 is 5.52. The molecule has 100 valence electrons. The Morgan fingerprint density at radius 2 is 2.39 bits per heavy atom. The summed E-state index contributed by atoms with van der Waals surface area (Å²) in [7, 11) is 0. The topological polar surface area (TPSA) is 81.0 Å². The van der Waals surface area contributed by atoms with Gasteiger partial charge in [-0.25, -0.2) is 4.98 Å². The van der Waals surface area contributed by atoms with Crippen LogP contribution < -0.4 is 5.73 Å². The van der Waals surface area contributed by atoms with Crippen molar-refractivity contribution in [3.05, 3.63) is 18.2 Å². The maximum atomic E-state index is 11.9. The van der Waals surface area contributed by atoms with Gasteiger partial charge in [-0.1, -0.05) is 13.3 Å². The molecule has 1 heterocycles. The first-order valence-corrected chi connectivity index (χ1v) is 6.60. The second kappa shape index (κ2) is 6.00. The number of rotatable bonds is 4. The third-order valence-electron chi connectivity index (χ3n) is 3.60. The highest BCUT2D eigenvalue weighted by Gasteiger charge is 2.27. The molecule has 2 rings (SSSR count). The Balaban J connectivity index is 1.83. The number of aromatic nitrogens is 2. The maximum absolute atomic E-state index is 11.9. The molecular weight excluding hydrogens is 230 g/mol. The van der Waals surface area contributed by atoms with E-state index in [0.29, 0.717) is 12.3 Å². The van der Waals surface area contributed by atoms with E-state index in [1.165, 1.54) is 6.42 Å². The van der Waals surface area contributed by atoms with Gasteiger partial charge in [-0.3, -0.25) is 4.79 Å². The summed E-state index contributed by atoms with van der Waals surface area (Å²) in [6, 6.07) is -0.612. The third kappa shape index (κ3) is 3.32. The van der Waals surface area contributed by atoms with Crippen LogP contribution in [-0.4, -0.2) is 28.1 Å². The van der Waals surface area contributed by atoms with E-state index in [4.69, 9.17) is 10.5 Å². The van der Waals surface area contributed by atoms with Gasteiger partial charge in [0.2, 0.25) is 0 Å². The third-order valence-corrected chi connectivity index (χ3v) is 3.60. The van der Waals surface area contributed by atoms with Gasteiger partial charge in [0.05, 0.1) is 6.33 Å². The van der Waals surface area contributed by atoms with E-state index in [1.54, 1.807) is 12.5 Å². The van der Waals surface area contributed by atoms with Crippen molar-refractivity contribution in [3.8, 4) is 0 Å². The minimum atomic E-state index is -0.612. The normalized spacial score (nSPS) is 25.7. The first-order chi connectivity index (χ1) is 8.66. The number of H-pyrrole nitrogens is 1. The fourth-order valence-electron chi connectivity index (χ4n) is 2.41. The Morgan fingerprint density at radius 3 is 3.06 bits per heavy atom. The Bertz CT molecular complexity index is 378. The quantitative estimate of drug-likeness (QED) is 0.793. The zero-order valence-corrected chi connectivity index (χ0v) is 10.8. The van der Waals surface area contributed by atoms with Crippen molar-refractivity contribution in [1.82, 2.24) is 9.97 Å². The number of nitrogens with zero attached hydrogens (tertiary/aromatic N) is 1. The fourth-order valence-corrected chi connectivity index (χ4v) is 2.41. The number of nitrogens with two attached hydrogens (primary N) is 1. The summed E-state index contributed by atoms with van der Waals surface area (Å²) >= 11 is 0. The minimum absolute atomic E-state index is 0.0408. The van der Waals surface area contributed by atoms with Gasteiger partial charge >= 0.3 is 5.97 Å². The molecule has 1 aromatic heterocycles. The second-order valence-electron chi connectivity index (χ2n) is 5.12. The highest BCUT2D eigenvalue weighted by molar-refractivity contribution is 5.76. The molecule has 18 heavy (non-hydrogen) atoms. The molecule has 0 aliphatic heterocycles. The Hall–Kier alpha value is -1.36. The van der Waals surface area contributed by atoms with Gasteiger partial charge in [0.15, 0.2) is 0 Å². The number of carbonyl (C=O) groups excluding carboxylic acids is 1.